The molecule has 7 heteroatoms. The Morgan fingerprint density at radius 1 is 1.09 bits per heavy atom. The average Bonchev–Trinajstić information content (AvgIpc) is 2.72. The minimum atomic E-state index is -0.483. The van der Waals surface area contributed by atoms with E-state index in [0.29, 0.717) is 56.8 Å². The number of aryl methyl sites for hydroxylation is 4. The highest BCUT2D eigenvalue weighted by atomic mass is 16.5. The molecule has 0 unspecified atom stereocenters. The molecule has 2 aliphatic rings. The number of anilines is 1. The van der Waals surface area contributed by atoms with Gasteiger partial charge >= 0.3 is 0 Å². The maximum atomic E-state index is 12.8. The van der Waals surface area contributed by atoms with Crippen LogP contribution in [-0.2, 0) is 4.79 Å². The van der Waals surface area contributed by atoms with Crippen LogP contribution in [0.2, 0.25) is 0 Å². The van der Waals surface area contributed by atoms with E-state index in [0.717, 1.165) is 34.7 Å². The number of rotatable bonds is 5. The van der Waals surface area contributed by atoms with E-state index >= 15 is 0 Å². The van der Waals surface area contributed by atoms with Gasteiger partial charge in [-0.2, -0.15) is 0 Å². The van der Waals surface area contributed by atoms with Gasteiger partial charge in [-0.25, -0.2) is 9.97 Å². The quantitative estimate of drug-likeness (QED) is 0.715. The first kappa shape index (κ1) is 22.2. The molecule has 2 aromatic rings. The summed E-state index contributed by atoms with van der Waals surface area (Å²) in [6, 6.07) is 5.91. The van der Waals surface area contributed by atoms with Gasteiger partial charge in [-0.15, -0.1) is 0 Å². The number of amides is 1. The number of carbonyl (C=O) groups excluding carboxylic acids is 2. The molecular weight excluding hydrogens is 404 g/mol. The first-order valence-corrected chi connectivity index (χ1v) is 11.4. The van der Waals surface area contributed by atoms with Gasteiger partial charge in [-0.05, 0) is 57.4 Å². The Labute approximate surface area is 189 Å². The SMILES string of the molecule is Cc1cc(C)c2c(c1)C(=O)CC1(CCN(C(=O)CCCNc3nc(C)cc(C)n3)CC1)O2. The summed E-state index contributed by atoms with van der Waals surface area (Å²) < 4.78 is 6.43. The fourth-order valence-corrected chi connectivity index (χ4v) is 4.78. The molecule has 0 atom stereocenters. The third-order valence-electron chi connectivity index (χ3n) is 6.38. The van der Waals surface area contributed by atoms with Crippen LogP contribution in [0.25, 0.3) is 0 Å². The normalized spacial score (nSPS) is 17.1. The summed E-state index contributed by atoms with van der Waals surface area (Å²) in [5.41, 5.74) is 4.15. The molecule has 1 fully saturated rings. The number of nitrogens with one attached hydrogen (secondary N) is 1. The maximum Gasteiger partial charge on any atom is 0.223 e. The van der Waals surface area contributed by atoms with Crippen molar-refractivity contribution in [3.63, 3.8) is 0 Å². The molecule has 7 nitrogen and oxygen atoms in total. The first-order valence-electron chi connectivity index (χ1n) is 11.4. The predicted octanol–water partition coefficient (Wildman–Crippen LogP) is 3.93. The minimum Gasteiger partial charge on any atom is -0.486 e. The van der Waals surface area contributed by atoms with Crippen LogP contribution in [0.5, 0.6) is 5.75 Å². The van der Waals surface area contributed by atoms with Crippen molar-refractivity contribution in [3.8, 4) is 5.75 Å². The van der Waals surface area contributed by atoms with Crippen LogP contribution in [0.15, 0.2) is 18.2 Å². The van der Waals surface area contributed by atoms with Gasteiger partial charge in [0, 0.05) is 50.3 Å². The van der Waals surface area contributed by atoms with Crippen molar-refractivity contribution in [1.29, 1.82) is 0 Å². The van der Waals surface area contributed by atoms with Gasteiger partial charge in [0.2, 0.25) is 11.9 Å². The van der Waals surface area contributed by atoms with Crippen LogP contribution in [0.1, 0.15) is 65.0 Å². The lowest BCUT2D eigenvalue weighted by atomic mass is 9.81. The van der Waals surface area contributed by atoms with Crippen LogP contribution in [0.3, 0.4) is 0 Å². The van der Waals surface area contributed by atoms with E-state index in [-0.39, 0.29) is 11.7 Å². The van der Waals surface area contributed by atoms with Crippen molar-refractivity contribution in [1.82, 2.24) is 14.9 Å². The second-order valence-corrected chi connectivity index (χ2v) is 9.23. The molecule has 1 aromatic carbocycles. The van der Waals surface area contributed by atoms with E-state index in [1.54, 1.807) is 0 Å². The minimum absolute atomic E-state index is 0.150. The Balaban J connectivity index is 1.28. The van der Waals surface area contributed by atoms with Crippen molar-refractivity contribution < 1.29 is 14.3 Å². The van der Waals surface area contributed by atoms with Gasteiger partial charge in [0.05, 0.1) is 12.0 Å². The van der Waals surface area contributed by atoms with Crippen molar-refractivity contribution in [2.45, 2.75) is 65.4 Å². The number of ether oxygens (including phenoxy) is 1. The average molecular weight is 437 g/mol. The third kappa shape index (κ3) is 4.76. The van der Waals surface area contributed by atoms with Crippen LogP contribution < -0.4 is 10.1 Å². The fraction of sp³-hybridized carbons (Fsp3) is 0.520. The number of fused-ring (bicyclic) bond motifs is 1. The van der Waals surface area contributed by atoms with E-state index in [4.69, 9.17) is 4.74 Å². The predicted molar refractivity (Wildman–Crippen MR) is 123 cm³/mol. The lowest BCUT2D eigenvalue weighted by molar-refractivity contribution is -0.134. The fourth-order valence-electron chi connectivity index (χ4n) is 4.78. The molecule has 32 heavy (non-hydrogen) atoms. The lowest BCUT2D eigenvalue weighted by Gasteiger charge is -2.44. The molecule has 3 heterocycles. The smallest absolute Gasteiger partial charge is 0.223 e. The zero-order valence-electron chi connectivity index (χ0n) is 19.5. The highest BCUT2D eigenvalue weighted by Crippen LogP contribution is 2.41. The van der Waals surface area contributed by atoms with Crippen LogP contribution in [0.4, 0.5) is 5.95 Å². The molecule has 2 aliphatic heterocycles. The molecule has 1 aromatic heterocycles. The highest BCUT2D eigenvalue weighted by molar-refractivity contribution is 6.01. The number of ketones is 1. The summed E-state index contributed by atoms with van der Waals surface area (Å²) in [7, 11) is 0. The summed E-state index contributed by atoms with van der Waals surface area (Å²) in [5, 5.41) is 3.20. The molecule has 170 valence electrons. The van der Waals surface area contributed by atoms with Crippen LogP contribution in [0, 0.1) is 27.7 Å². The Bertz CT molecular complexity index is 1020. The summed E-state index contributed by atoms with van der Waals surface area (Å²) in [4.78, 5) is 36.2. The molecule has 0 saturated carbocycles. The van der Waals surface area contributed by atoms with Gasteiger partial charge in [0.25, 0.3) is 0 Å². The van der Waals surface area contributed by atoms with Crippen molar-refractivity contribution >= 4 is 17.6 Å². The number of likely N-dealkylation sites (tertiary alicyclic amines) is 1. The second kappa shape index (κ2) is 8.88. The number of hydrogen-bond acceptors (Lipinski definition) is 6. The summed E-state index contributed by atoms with van der Waals surface area (Å²) in [5.74, 6) is 1.64. The van der Waals surface area contributed by atoms with E-state index in [1.807, 2.05) is 44.7 Å². The van der Waals surface area contributed by atoms with Crippen LogP contribution >= 0.6 is 0 Å². The summed E-state index contributed by atoms with van der Waals surface area (Å²) >= 11 is 0. The molecule has 0 aliphatic carbocycles. The molecule has 4 rings (SSSR count). The van der Waals surface area contributed by atoms with Crippen LogP contribution in [-0.4, -0.2) is 51.8 Å². The molecule has 1 N–H and O–H groups in total. The molecular formula is C25H32N4O3. The molecule has 1 saturated heterocycles. The number of nitrogens with zero attached hydrogens (tertiary/aromatic N) is 3. The van der Waals surface area contributed by atoms with Gasteiger partial charge in [-0.1, -0.05) is 6.07 Å². The van der Waals surface area contributed by atoms with Crippen molar-refractivity contribution in [3.05, 3.63) is 46.3 Å². The van der Waals surface area contributed by atoms with E-state index in [2.05, 4.69) is 21.4 Å². The second-order valence-electron chi connectivity index (χ2n) is 9.23. The van der Waals surface area contributed by atoms with E-state index in [1.165, 1.54) is 0 Å². The van der Waals surface area contributed by atoms with Gasteiger partial charge in [0.1, 0.15) is 11.4 Å². The zero-order valence-corrected chi connectivity index (χ0v) is 19.5. The molecule has 1 spiro atoms. The molecule has 0 radical (unpaired) electrons. The summed E-state index contributed by atoms with van der Waals surface area (Å²) in [6.07, 6.45) is 2.96. The number of Topliss-reactive ketones (excluding diaryl/α,β-unsaturated/α-hetero) is 1. The number of piperidine rings is 1. The third-order valence-corrected chi connectivity index (χ3v) is 6.38. The zero-order chi connectivity index (χ0) is 22.9. The van der Waals surface area contributed by atoms with Gasteiger partial charge in [0.15, 0.2) is 5.78 Å². The van der Waals surface area contributed by atoms with Gasteiger partial charge in [-0.3, -0.25) is 9.59 Å². The molecule has 0 bridgehead atoms. The van der Waals surface area contributed by atoms with Crippen molar-refractivity contribution in [2.24, 2.45) is 0 Å². The summed E-state index contributed by atoms with van der Waals surface area (Å²) in [6.45, 7) is 9.78. The topological polar surface area (TPSA) is 84.4 Å². The number of aromatic nitrogens is 2. The van der Waals surface area contributed by atoms with E-state index < -0.39 is 5.60 Å². The maximum absolute atomic E-state index is 12.8. The Morgan fingerprint density at radius 2 is 1.78 bits per heavy atom. The van der Waals surface area contributed by atoms with Gasteiger partial charge < -0.3 is 15.0 Å². The Hall–Kier alpha value is -2.96. The number of carbonyl (C=O) groups is 2. The number of hydrogen-bond donors (Lipinski definition) is 1. The first-order chi connectivity index (χ1) is 15.2. The lowest BCUT2D eigenvalue weighted by Crippen LogP contribution is -2.52. The molecule has 1 amide bonds. The Morgan fingerprint density at radius 3 is 2.47 bits per heavy atom. The van der Waals surface area contributed by atoms with E-state index in [9.17, 15) is 9.59 Å². The number of benzene rings is 1. The Kier molecular flexibility index (Phi) is 6.17. The monoisotopic (exact) mass is 436 g/mol. The largest absolute Gasteiger partial charge is 0.486 e. The highest BCUT2D eigenvalue weighted by Gasteiger charge is 2.44. The standard InChI is InChI=1S/C25H32N4O3/c1-16-12-17(2)23-20(13-16)21(30)15-25(32-23)7-10-29(11-8-25)22(31)6-5-9-26-24-27-18(3)14-19(4)28-24/h12-14H,5-11,15H2,1-4H3,(H,26,27,28). The van der Waals surface area contributed by atoms with Crippen molar-refractivity contribution in [2.75, 3.05) is 25.0 Å².